The van der Waals surface area contributed by atoms with E-state index in [2.05, 4.69) is 41.6 Å². The summed E-state index contributed by atoms with van der Waals surface area (Å²) in [5.41, 5.74) is 2.98. The Kier molecular flexibility index (Phi) is 9.43. The first kappa shape index (κ1) is 17.0. The number of hydrogen-bond donors (Lipinski definition) is 0. The van der Waals surface area contributed by atoms with Crippen LogP contribution in [0.3, 0.4) is 0 Å². The van der Waals surface area contributed by atoms with Gasteiger partial charge in [0.1, 0.15) is 0 Å². The second-order valence-electron chi connectivity index (χ2n) is 2.75. The van der Waals surface area contributed by atoms with Gasteiger partial charge < -0.3 is 37.2 Å². The van der Waals surface area contributed by atoms with Crippen LogP contribution in [0.1, 0.15) is 15.3 Å². The molecule has 0 N–H and O–H groups in total. The van der Waals surface area contributed by atoms with Gasteiger partial charge in [-0.2, -0.15) is 0 Å². The Labute approximate surface area is 113 Å². The van der Waals surface area contributed by atoms with Crippen LogP contribution in [0.4, 0.5) is 0 Å². The van der Waals surface area contributed by atoms with Gasteiger partial charge in [0.05, 0.1) is 0 Å². The van der Waals surface area contributed by atoms with Gasteiger partial charge in [-0.05, 0) is 0 Å². The van der Waals surface area contributed by atoms with Crippen molar-refractivity contribution < 1.29 is 56.4 Å². The van der Waals surface area contributed by atoms with Crippen LogP contribution in [0.15, 0.2) is 30.3 Å². The van der Waals surface area contributed by atoms with E-state index in [0.717, 1.165) is 4.22 Å². The van der Waals surface area contributed by atoms with Crippen LogP contribution in [0, 0.1) is 0 Å². The van der Waals surface area contributed by atoms with Crippen molar-refractivity contribution in [2.24, 2.45) is 0 Å². The van der Waals surface area contributed by atoms with Crippen LogP contribution < -0.4 is 37.2 Å². The standard InChI is InChI=1S/C9H7.CH3.3ClH.Ti/c1-2-5-9-7-3-6-8(9)4-1;;;;;/h1-7H;1H3;3*1H;/q;;;;;+3/p-3. The quantitative estimate of drug-likeness (QED) is 0.450. The molecule has 2 rings (SSSR count). The molecule has 0 spiro atoms. The largest absolute Gasteiger partial charge is 1.00 e. The van der Waals surface area contributed by atoms with E-state index in [1.807, 2.05) is 0 Å². The number of halogens is 3. The summed E-state index contributed by atoms with van der Waals surface area (Å²) < 4.78 is 0.797. The summed E-state index contributed by atoms with van der Waals surface area (Å²) in [5, 5.41) is 2.36. The minimum absolute atomic E-state index is 0. The molecule has 1 aliphatic rings. The number of allylic oxidation sites excluding steroid dienone is 1. The van der Waals surface area contributed by atoms with Crippen LogP contribution in [0.25, 0.3) is 6.08 Å². The third-order valence-electron chi connectivity index (χ3n) is 2.11. The Hall–Kier alpha value is 0.544. The fourth-order valence-corrected chi connectivity index (χ4v) is 2.85. The predicted octanol–water partition coefficient (Wildman–Crippen LogP) is -6.10. The van der Waals surface area contributed by atoms with E-state index >= 15 is 0 Å². The van der Waals surface area contributed by atoms with Crippen LogP contribution in [-0.4, -0.2) is 0 Å². The van der Waals surface area contributed by atoms with Crippen molar-refractivity contribution in [2.75, 3.05) is 0 Å². The van der Waals surface area contributed by atoms with Crippen LogP contribution in [-0.2, 0) is 19.2 Å². The molecule has 0 aliphatic heterocycles. The van der Waals surface area contributed by atoms with Crippen molar-refractivity contribution in [1.29, 1.82) is 0 Å². The molecule has 4 heteroatoms. The monoisotopic (exact) mass is 283 g/mol. The smallest absolute Gasteiger partial charge is 1.00 e. The van der Waals surface area contributed by atoms with E-state index in [-0.39, 0.29) is 56.4 Å². The first-order valence-corrected chi connectivity index (χ1v) is 6.32. The van der Waals surface area contributed by atoms with E-state index in [9.17, 15) is 0 Å². The van der Waals surface area contributed by atoms with Crippen LogP contribution >= 0.6 is 0 Å². The zero-order valence-corrected chi connectivity index (χ0v) is 11.5. The van der Waals surface area contributed by atoms with Crippen molar-refractivity contribution >= 4 is 6.08 Å². The van der Waals surface area contributed by atoms with E-state index in [1.165, 1.54) is 5.56 Å². The molecule has 0 radical (unpaired) electrons. The maximum atomic E-state index is 2.36. The third kappa shape index (κ3) is 3.29. The van der Waals surface area contributed by atoms with Gasteiger partial charge >= 0.3 is 76.1 Å². The summed E-state index contributed by atoms with van der Waals surface area (Å²) in [5.74, 6) is 0. The summed E-state index contributed by atoms with van der Waals surface area (Å²) in [6.07, 6.45) is 4.61. The Morgan fingerprint density at radius 2 is 1.71 bits per heavy atom. The van der Waals surface area contributed by atoms with Crippen LogP contribution in [0.5, 0.6) is 0 Å². The Morgan fingerprint density at radius 3 is 2.36 bits per heavy atom. The topological polar surface area (TPSA) is 0 Å². The normalized spacial score (nSPS) is 15.4. The van der Waals surface area contributed by atoms with Gasteiger partial charge in [0.2, 0.25) is 0 Å². The summed E-state index contributed by atoms with van der Waals surface area (Å²) >= 11 is 0.207. The van der Waals surface area contributed by atoms with Crippen molar-refractivity contribution in [1.82, 2.24) is 0 Å². The van der Waals surface area contributed by atoms with Crippen molar-refractivity contribution in [2.45, 2.75) is 9.45 Å². The number of benzene rings is 1. The predicted molar refractivity (Wildman–Crippen MR) is 44.1 cm³/mol. The molecule has 1 aliphatic carbocycles. The van der Waals surface area contributed by atoms with Gasteiger partial charge in [-0.15, -0.1) is 0 Å². The number of fused-ring (bicyclic) bond motifs is 1. The minimum Gasteiger partial charge on any atom is -1.00 e. The molecule has 75 valence electrons. The zero-order chi connectivity index (χ0) is 7.68. The molecular formula is C10H10Cl3Ti. The number of hydrogen-bond acceptors (Lipinski definition) is 0. The zero-order valence-electron chi connectivity index (χ0n) is 7.68. The third-order valence-corrected chi connectivity index (χ3v) is 3.87. The van der Waals surface area contributed by atoms with Gasteiger partial charge in [0, 0.05) is 0 Å². The Balaban J connectivity index is 0. The second-order valence-corrected chi connectivity index (χ2v) is 4.63. The average Bonchev–Trinajstić information content (AvgIpc) is 2.47. The fourth-order valence-electron chi connectivity index (χ4n) is 1.50. The van der Waals surface area contributed by atoms with Gasteiger partial charge in [0.25, 0.3) is 0 Å². The van der Waals surface area contributed by atoms with Crippen molar-refractivity contribution in [3.8, 4) is 0 Å². The van der Waals surface area contributed by atoms with Crippen molar-refractivity contribution in [3.05, 3.63) is 41.5 Å². The first-order chi connectivity index (χ1) is 5.42. The van der Waals surface area contributed by atoms with E-state index in [4.69, 9.17) is 0 Å². The summed E-state index contributed by atoms with van der Waals surface area (Å²) in [4.78, 5) is 0. The van der Waals surface area contributed by atoms with Gasteiger partial charge in [-0.3, -0.25) is 0 Å². The summed E-state index contributed by atoms with van der Waals surface area (Å²) in [6, 6.07) is 8.71. The molecule has 0 saturated carbocycles. The van der Waals surface area contributed by atoms with Gasteiger partial charge in [-0.25, -0.2) is 0 Å². The maximum absolute atomic E-state index is 2.36. The number of rotatable bonds is 1. The molecule has 0 fully saturated rings. The van der Waals surface area contributed by atoms with E-state index in [0.29, 0.717) is 0 Å². The molecule has 0 amide bonds. The molecule has 1 aromatic rings. The minimum atomic E-state index is 0. The van der Waals surface area contributed by atoms with Crippen LogP contribution in [0.2, 0.25) is 5.23 Å². The van der Waals surface area contributed by atoms with Gasteiger partial charge in [-0.1, -0.05) is 0 Å². The first-order valence-electron chi connectivity index (χ1n) is 3.86. The average molecular weight is 284 g/mol. The second kappa shape index (κ2) is 7.79. The summed E-state index contributed by atoms with van der Waals surface area (Å²) in [6.45, 7) is 0. The molecule has 1 unspecified atom stereocenters. The Morgan fingerprint density at radius 1 is 1.07 bits per heavy atom. The molecule has 0 saturated heterocycles. The summed E-state index contributed by atoms with van der Waals surface area (Å²) in [7, 11) is 0. The SMILES string of the molecule is [CH3][Ti+3][CH]1C=Cc2ccccc21.[Cl-].[Cl-].[Cl-]. The maximum Gasteiger partial charge on any atom is -1.00 e. The Bertz CT molecular complexity index is 299. The molecular weight excluding hydrogens is 274 g/mol. The molecule has 0 nitrogen and oxygen atoms in total. The van der Waals surface area contributed by atoms with E-state index < -0.39 is 0 Å². The molecule has 0 bridgehead atoms. The van der Waals surface area contributed by atoms with Crippen molar-refractivity contribution in [3.63, 3.8) is 0 Å². The molecule has 0 heterocycles. The fraction of sp³-hybridized carbons (Fsp3) is 0.200. The molecule has 14 heavy (non-hydrogen) atoms. The molecule has 1 atom stereocenters. The van der Waals surface area contributed by atoms with E-state index in [1.54, 1.807) is 5.56 Å². The molecule has 1 aromatic carbocycles. The molecule has 0 aromatic heterocycles. The van der Waals surface area contributed by atoms with Gasteiger partial charge in [0.15, 0.2) is 0 Å².